The number of sulfonamides is 1. The van der Waals surface area contributed by atoms with Crippen LogP contribution >= 0.6 is 11.6 Å². The van der Waals surface area contributed by atoms with E-state index in [9.17, 15) is 18.0 Å². The zero-order valence-electron chi connectivity index (χ0n) is 16.5. The predicted molar refractivity (Wildman–Crippen MR) is 107 cm³/mol. The number of amides is 1. The lowest BCUT2D eigenvalue weighted by Crippen LogP contribution is -2.40. The lowest BCUT2D eigenvalue weighted by Gasteiger charge is -2.30. The Bertz CT molecular complexity index is 816. The molecule has 28 heavy (non-hydrogen) atoms. The third-order valence-corrected chi connectivity index (χ3v) is 7.34. The van der Waals surface area contributed by atoms with Crippen molar-refractivity contribution in [1.82, 2.24) is 9.21 Å². The molecule has 0 saturated carbocycles. The minimum absolute atomic E-state index is 0.0381. The fourth-order valence-electron chi connectivity index (χ4n) is 3.09. The van der Waals surface area contributed by atoms with Gasteiger partial charge in [-0.1, -0.05) is 32.4 Å². The van der Waals surface area contributed by atoms with Gasteiger partial charge in [0.2, 0.25) is 10.0 Å². The standard InChI is InChI=1S/C19H27ClN2O5S/c1-4-22(5-2)28(25,26)15-6-7-17(20)16(12-15)19(24)27-13-18(23)21-10-8-14(3)9-11-21/h6-7,12,14H,4-5,8-11,13H2,1-3H3. The van der Waals surface area contributed by atoms with E-state index in [2.05, 4.69) is 6.92 Å². The van der Waals surface area contributed by atoms with Gasteiger partial charge in [-0.05, 0) is 37.0 Å². The third kappa shape index (κ3) is 5.24. The molecule has 0 bridgehead atoms. The van der Waals surface area contributed by atoms with Crippen LogP contribution in [0.5, 0.6) is 0 Å². The Morgan fingerprint density at radius 2 is 1.82 bits per heavy atom. The second-order valence-corrected chi connectivity index (χ2v) is 9.22. The lowest BCUT2D eigenvalue weighted by molar-refractivity contribution is -0.135. The Kier molecular flexibility index (Phi) is 7.86. The molecule has 1 aliphatic rings. The van der Waals surface area contributed by atoms with Crippen LogP contribution in [-0.2, 0) is 19.6 Å². The fourth-order valence-corrected chi connectivity index (χ4v) is 4.77. The van der Waals surface area contributed by atoms with E-state index in [1.54, 1.807) is 18.7 Å². The zero-order chi connectivity index (χ0) is 20.9. The van der Waals surface area contributed by atoms with Gasteiger partial charge >= 0.3 is 5.97 Å². The molecule has 0 aromatic heterocycles. The Labute approximate surface area is 171 Å². The summed E-state index contributed by atoms with van der Waals surface area (Å²) >= 11 is 6.06. The van der Waals surface area contributed by atoms with Crippen LogP contribution < -0.4 is 0 Å². The summed E-state index contributed by atoms with van der Waals surface area (Å²) in [6, 6.07) is 3.90. The molecule has 0 N–H and O–H groups in total. The maximum Gasteiger partial charge on any atom is 0.340 e. The van der Waals surface area contributed by atoms with Gasteiger partial charge in [0.25, 0.3) is 5.91 Å². The SMILES string of the molecule is CCN(CC)S(=O)(=O)c1ccc(Cl)c(C(=O)OCC(=O)N2CCC(C)CC2)c1. The molecule has 0 atom stereocenters. The van der Waals surface area contributed by atoms with E-state index in [0.29, 0.717) is 32.1 Å². The second kappa shape index (κ2) is 9.71. The number of carbonyl (C=O) groups excluding carboxylic acids is 2. The maximum absolute atomic E-state index is 12.6. The highest BCUT2D eigenvalue weighted by Crippen LogP contribution is 2.24. The minimum atomic E-state index is -3.74. The van der Waals surface area contributed by atoms with Crippen LogP contribution in [0.2, 0.25) is 5.02 Å². The summed E-state index contributed by atoms with van der Waals surface area (Å²) in [7, 11) is -3.74. The Morgan fingerprint density at radius 1 is 1.21 bits per heavy atom. The first-order chi connectivity index (χ1) is 13.2. The van der Waals surface area contributed by atoms with E-state index in [4.69, 9.17) is 16.3 Å². The lowest BCUT2D eigenvalue weighted by atomic mass is 9.99. The largest absolute Gasteiger partial charge is 0.452 e. The molecule has 0 aliphatic carbocycles. The van der Waals surface area contributed by atoms with Crippen molar-refractivity contribution in [3.63, 3.8) is 0 Å². The zero-order valence-corrected chi connectivity index (χ0v) is 18.1. The Hall–Kier alpha value is -1.64. The fraction of sp³-hybridized carbons (Fsp3) is 0.579. The molecule has 1 saturated heterocycles. The van der Waals surface area contributed by atoms with Gasteiger partial charge in [0.15, 0.2) is 6.61 Å². The number of nitrogens with zero attached hydrogens (tertiary/aromatic N) is 2. The number of benzene rings is 1. The van der Waals surface area contributed by atoms with Gasteiger partial charge in [-0.3, -0.25) is 4.79 Å². The van der Waals surface area contributed by atoms with Crippen molar-refractivity contribution in [2.75, 3.05) is 32.8 Å². The molecule has 1 fully saturated rings. The average Bonchev–Trinajstić information content (AvgIpc) is 2.67. The Morgan fingerprint density at radius 3 is 2.39 bits per heavy atom. The molecule has 1 aliphatic heterocycles. The second-order valence-electron chi connectivity index (χ2n) is 6.87. The normalized spacial score (nSPS) is 15.7. The van der Waals surface area contributed by atoms with Crippen LogP contribution in [-0.4, -0.2) is 62.3 Å². The molecule has 2 rings (SSSR count). The predicted octanol–water partition coefficient (Wildman–Crippen LogP) is 2.79. The third-order valence-electron chi connectivity index (χ3n) is 4.96. The number of halogens is 1. The summed E-state index contributed by atoms with van der Waals surface area (Å²) in [4.78, 5) is 26.3. The summed E-state index contributed by atoms with van der Waals surface area (Å²) in [6.45, 7) is 7.14. The highest BCUT2D eigenvalue weighted by molar-refractivity contribution is 7.89. The summed E-state index contributed by atoms with van der Waals surface area (Å²) in [5, 5.41) is 0.0720. The van der Waals surface area contributed by atoms with Crippen molar-refractivity contribution < 1.29 is 22.7 Å². The quantitative estimate of drug-likeness (QED) is 0.621. The summed E-state index contributed by atoms with van der Waals surface area (Å²) < 4.78 is 31.7. The van der Waals surface area contributed by atoms with E-state index < -0.39 is 22.6 Å². The van der Waals surface area contributed by atoms with Crippen molar-refractivity contribution in [1.29, 1.82) is 0 Å². The van der Waals surface area contributed by atoms with Gasteiger partial charge in [0.05, 0.1) is 15.5 Å². The molecule has 1 heterocycles. The monoisotopic (exact) mass is 430 g/mol. The topological polar surface area (TPSA) is 84.0 Å². The van der Waals surface area contributed by atoms with E-state index in [0.717, 1.165) is 12.8 Å². The number of hydrogen-bond donors (Lipinski definition) is 0. The molecule has 1 aromatic carbocycles. The van der Waals surface area contributed by atoms with Gasteiger partial charge in [0.1, 0.15) is 0 Å². The molecular weight excluding hydrogens is 404 g/mol. The van der Waals surface area contributed by atoms with Crippen molar-refractivity contribution in [2.45, 2.75) is 38.5 Å². The van der Waals surface area contributed by atoms with Gasteiger partial charge < -0.3 is 9.64 Å². The first-order valence-corrected chi connectivity index (χ1v) is 11.3. The number of carbonyl (C=O) groups is 2. The van der Waals surface area contributed by atoms with E-state index >= 15 is 0 Å². The summed E-state index contributed by atoms with van der Waals surface area (Å²) in [5.41, 5.74) is -0.0741. The first-order valence-electron chi connectivity index (χ1n) is 9.45. The smallest absolute Gasteiger partial charge is 0.340 e. The summed E-state index contributed by atoms with van der Waals surface area (Å²) in [6.07, 6.45) is 1.85. The van der Waals surface area contributed by atoms with Crippen LogP contribution in [0, 0.1) is 5.92 Å². The van der Waals surface area contributed by atoms with Gasteiger partial charge in [-0.25, -0.2) is 13.2 Å². The van der Waals surface area contributed by atoms with Crippen molar-refractivity contribution in [2.24, 2.45) is 5.92 Å². The highest BCUT2D eigenvalue weighted by Gasteiger charge is 2.25. The molecule has 0 spiro atoms. The van der Waals surface area contributed by atoms with Crippen LogP contribution in [0.15, 0.2) is 23.1 Å². The van der Waals surface area contributed by atoms with Crippen LogP contribution in [0.25, 0.3) is 0 Å². The van der Waals surface area contributed by atoms with Crippen molar-refractivity contribution in [3.05, 3.63) is 28.8 Å². The van der Waals surface area contributed by atoms with Crippen molar-refractivity contribution >= 4 is 33.5 Å². The van der Waals surface area contributed by atoms with Crippen LogP contribution in [0.1, 0.15) is 44.0 Å². The number of piperidine rings is 1. The van der Waals surface area contributed by atoms with E-state index in [1.807, 2.05) is 0 Å². The number of rotatable bonds is 7. The molecule has 7 nitrogen and oxygen atoms in total. The minimum Gasteiger partial charge on any atom is -0.452 e. The number of esters is 1. The van der Waals surface area contributed by atoms with Crippen LogP contribution in [0.4, 0.5) is 0 Å². The molecular formula is C19H27ClN2O5S. The first kappa shape index (κ1) is 22.6. The molecule has 9 heteroatoms. The molecule has 1 aromatic rings. The maximum atomic E-state index is 12.6. The number of ether oxygens (including phenoxy) is 1. The van der Waals surface area contributed by atoms with Crippen molar-refractivity contribution in [3.8, 4) is 0 Å². The molecule has 0 radical (unpaired) electrons. The molecule has 1 amide bonds. The Balaban J connectivity index is 2.10. The highest BCUT2D eigenvalue weighted by atomic mass is 35.5. The summed E-state index contributed by atoms with van der Waals surface area (Å²) in [5.74, 6) is -0.496. The van der Waals surface area contributed by atoms with Gasteiger partial charge in [-0.15, -0.1) is 0 Å². The number of hydrogen-bond acceptors (Lipinski definition) is 5. The average molecular weight is 431 g/mol. The van der Waals surface area contributed by atoms with E-state index in [1.165, 1.54) is 22.5 Å². The molecule has 156 valence electrons. The van der Waals surface area contributed by atoms with Gasteiger partial charge in [0, 0.05) is 26.2 Å². The van der Waals surface area contributed by atoms with E-state index in [-0.39, 0.29) is 21.4 Å². The number of likely N-dealkylation sites (tertiary alicyclic amines) is 1. The molecule has 0 unspecified atom stereocenters. The van der Waals surface area contributed by atoms with Gasteiger partial charge in [-0.2, -0.15) is 4.31 Å². The van der Waals surface area contributed by atoms with Crippen LogP contribution in [0.3, 0.4) is 0 Å².